The Labute approximate surface area is 326 Å². The summed E-state index contributed by atoms with van der Waals surface area (Å²) in [5, 5.41) is 7.26. The van der Waals surface area contributed by atoms with Gasteiger partial charge in [-0.15, -0.1) is 22.7 Å². The second-order valence-electron chi connectivity index (χ2n) is 17.2. The zero-order valence-corrected chi connectivity index (χ0v) is 33.0. The minimum Gasteiger partial charge on any atom is -0.367 e. The van der Waals surface area contributed by atoms with E-state index in [1.807, 2.05) is 12.3 Å². The summed E-state index contributed by atoms with van der Waals surface area (Å²) in [6, 6.07) is 4.21. The van der Waals surface area contributed by atoms with E-state index < -0.39 is 0 Å². The van der Waals surface area contributed by atoms with Gasteiger partial charge in [-0.2, -0.15) is 5.10 Å². The van der Waals surface area contributed by atoms with Gasteiger partial charge in [0.2, 0.25) is 0 Å². The van der Waals surface area contributed by atoms with Crippen LogP contribution in [0, 0.1) is 23.7 Å². The summed E-state index contributed by atoms with van der Waals surface area (Å²) in [4.78, 5) is 59.3. The van der Waals surface area contributed by atoms with E-state index in [4.69, 9.17) is 0 Å². The molecule has 0 amide bonds. The molecule has 9 heteroatoms. The SMILES string of the molecule is O=C(CCC1CC1)c1c(CC(=O)C2CC2)sc2c1CC(c1cc[nH]c1)CC2.O=C(CCC1CC1)c1c(CC(=O)C2CC2)sc2c1CCCC2c1ccn[nH]1. The van der Waals surface area contributed by atoms with Gasteiger partial charge in [-0.05, 0) is 124 Å². The molecule has 0 spiro atoms. The molecule has 4 aromatic heterocycles. The molecule has 54 heavy (non-hydrogen) atoms. The fourth-order valence-electron chi connectivity index (χ4n) is 9.00. The summed E-state index contributed by atoms with van der Waals surface area (Å²) in [5.74, 6) is 4.10. The molecule has 0 radical (unpaired) electrons. The van der Waals surface area contributed by atoms with E-state index in [-0.39, 0.29) is 17.6 Å². The maximum absolute atomic E-state index is 13.2. The first-order valence-corrected chi connectivity index (χ1v) is 22.5. The van der Waals surface area contributed by atoms with Gasteiger partial charge in [0.15, 0.2) is 11.6 Å². The number of hydrogen-bond acceptors (Lipinski definition) is 7. The van der Waals surface area contributed by atoms with Crippen LogP contribution in [0.1, 0.15) is 171 Å². The van der Waals surface area contributed by atoms with Gasteiger partial charge in [-0.3, -0.25) is 24.3 Å². The minimum atomic E-state index is 0.252. The number of H-pyrrole nitrogens is 2. The van der Waals surface area contributed by atoms with Crippen molar-refractivity contribution in [1.29, 1.82) is 0 Å². The number of rotatable bonds is 16. The molecule has 284 valence electrons. The molecule has 6 aliphatic rings. The first-order chi connectivity index (χ1) is 26.4. The molecular weight excluding hydrogens is 711 g/mol. The van der Waals surface area contributed by atoms with Crippen molar-refractivity contribution in [2.75, 3.05) is 0 Å². The number of aryl methyl sites for hydroxylation is 1. The smallest absolute Gasteiger partial charge is 0.164 e. The number of ketones is 4. The monoisotopic (exact) mass is 763 g/mol. The number of aromatic nitrogens is 3. The number of nitrogens with one attached hydrogen (secondary N) is 2. The second-order valence-corrected chi connectivity index (χ2v) is 19.6. The Hall–Kier alpha value is -3.43. The molecule has 10 rings (SSSR count). The lowest BCUT2D eigenvalue weighted by Gasteiger charge is -2.22. The summed E-state index contributed by atoms with van der Waals surface area (Å²) in [6.45, 7) is 0. The van der Waals surface area contributed by atoms with E-state index in [2.05, 4.69) is 27.4 Å². The third-order valence-electron chi connectivity index (χ3n) is 12.9. The van der Waals surface area contributed by atoms with Crippen molar-refractivity contribution in [2.45, 2.75) is 140 Å². The molecule has 0 aliphatic heterocycles. The van der Waals surface area contributed by atoms with Gasteiger partial charge in [-0.25, -0.2) is 0 Å². The highest BCUT2D eigenvalue weighted by Crippen LogP contribution is 2.46. The van der Waals surface area contributed by atoms with Gasteiger partial charge in [0, 0.05) is 98.4 Å². The highest BCUT2D eigenvalue weighted by Gasteiger charge is 2.37. The molecule has 0 saturated heterocycles. The molecule has 2 atom stereocenters. The maximum Gasteiger partial charge on any atom is 0.164 e. The number of aromatic amines is 2. The van der Waals surface area contributed by atoms with Gasteiger partial charge in [0.05, 0.1) is 0 Å². The third kappa shape index (κ3) is 8.23. The van der Waals surface area contributed by atoms with Crippen molar-refractivity contribution in [3.63, 3.8) is 0 Å². The zero-order valence-electron chi connectivity index (χ0n) is 31.4. The number of carbonyl (C=O) groups excluding carboxylic acids is 4. The van der Waals surface area contributed by atoms with Crippen LogP contribution in [0.5, 0.6) is 0 Å². The van der Waals surface area contributed by atoms with Gasteiger partial charge in [0.1, 0.15) is 11.6 Å². The molecule has 2 unspecified atom stereocenters. The molecule has 0 aromatic carbocycles. The molecule has 4 heterocycles. The van der Waals surface area contributed by atoms with Crippen LogP contribution in [0.4, 0.5) is 0 Å². The van der Waals surface area contributed by atoms with Crippen molar-refractivity contribution in [2.24, 2.45) is 23.7 Å². The largest absolute Gasteiger partial charge is 0.367 e. The molecule has 4 saturated carbocycles. The summed E-state index contributed by atoms with van der Waals surface area (Å²) >= 11 is 3.49. The molecule has 4 aromatic rings. The number of nitrogens with zero attached hydrogens (tertiary/aromatic N) is 1. The van der Waals surface area contributed by atoms with Gasteiger partial charge in [0.25, 0.3) is 0 Å². The summed E-state index contributed by atoms with van der Waals surface area (Å²) in [6.07, 6.45) is 25.8. The fourth-order valence-corrected chi connectivity index (χ4v) is 11.9. The van der Waals surface area contributed by atoms with E-state index in [0.29, 0.717) is 54.9 Å². The zero-order chi connectivity index (χ0) is 36.8. The van der Waals surface area contributed by atoms with E-state index in [9.17, 15) is 19.2 Å². The number of thiophene rings is 2. The summed E-state index contributed by atoms with van der Waals surface area (Å²) in [7, 11) is 0. The van der Waals surface area contributed by atoms with Gasteiger partial charge >= 0.3 is 0 Å². The molecule has 6 aliphatic carbocycles. The lowest BCUT2D eigenvalue weighted by molar-refractivity contribution is -0.120. The molecular formula is C45H53N3O4S2. The normalized spacial score (nSPS) is 21.9. The lowest BCUT2D eigenvalue weighted by Crippen LogP contribution is -2.15. The van der Waals surface area contributed by atoms with Crippen molar-refractivity contribution >= 4 is 45.8 Å². The fraction of sp³-hybridized carbons (Fsp3) is 0.578. The van der Waals surface area contributed by atoms with E-state index >= 15 is 0 Å². The first kappa shape index (κ1) is 36.2. The van der Waals surface area contributed by atoms with Crippen LogP contribution in [0.25, 0.3) is 0 Å². The van der Waals surface area contributed by atoms with Crippen molar-refractivity contribution in [3.8, 4) is 0 Å². The molecule has 7 nitrogen and oxygen atoms in total. The summed E-state index contributed by atoms with van der Waals surface area (Å²) in [5.41, 5.74) is 6.87. The topological polar surface area (TPSA) is 113 Å². The van der Waals surface area contributed by atoms with Crippen LogP contribution < -0.4 is 0 Å². The van der Waals surface area contributed by atoms with Gasteiger partial charge in [-0.1, -0.05) is 25.7 Å². The first-order valence-electron chi connectivity index (χ1n) is 20.9. The second kappa shape index (κ2) is 15.6. The predicted molar refractivity (Wildman–Crippen MR) is 213 cm³/mol. The van der Waals surface area contributed by atoms with E-state index in [1.165, 1.54) is 52.1 Å². The van der Waals surface area contributed by atoms with Crippen molar-refractivity contribution in [1.82, 2.24) is 15.2 Å². The quantitative estimate of drug-likeness (QED) is 0.110. The van der Waals surface area contributed by atoms with E-state index in [0.717, 1.165) is 115 Å². The average Bonchev–Trinajstić information content (AvgIpc) is 4.03. The Bertz CT molecular complexity index is 2000. The number of carbonyl (C=O) groups is 4. The number of Topliss-reactive ketones (excluding diaryl/α,β-unsaturated/α-hetero) is 4. The average molecular weight is 764 g/mol. The minimum absolute atomic E-state index is 0.252. The standard InChI is InChI=1S/C23H27NO2S.C22H26N2O2S/c25-19(7-3-14-1-2-14)23-18-11-16(17-9-10-24-13-17)6-8-21(18)27-22(23)12-20(26)15-4-5-15;25-18(9-6-13-4-5-13)21-16-3-1-2-15(17-10-11-23-24-17)22(16)27-20(21)12-19(26)14-7-8-14/h9-10,13-16,24H,1-8,11-12H2;10-11,13-15H,1-9,12H2,(H,23,24). The van der Waals surface area contributed by atoms with Crippen LogP contribution in [-0.2, 0) is 41.7 Å². The van der Waals surface area contributed by atoms with Crippen LogP contribution >= 0.6 is 22.7 Å². The molecule has 4 fully saturated rings. The Morgan fingerprint density at radius 1 is 0.722 bits per heavy atom. The Morgan fingerprint density at radius 2 is 1.37 bits per heavy atom. The molecule has 0 bridgehead atoms. The Morgan fingerprint density at radius 3 is 1.94 bits per heavy atom. The van der Waals surface area contributed by atoms with Crippen molar-refractivity contribution < 1.29 is 19.2 Å². The van der Waals surface area contributed by atoms with Crippen LogP contribution in [0.3, 0.4) is 0 Å². The van der Waals surface area contributed by atoms with Crippen LogP contribution in [0.2, 0.25) is 0 Å². The van der Waals surface area contributed by atoms with Crippen molar-refractivity contribution in [3.05, 3.63) is 83.7 Å². The Kier molecular flexibility index (Phi) is 10.5. The maximum atomic E-state index is 13.2. The highest BCUT2D eigenvalue weighted by molar-refractivity contribution is 7.13. The number of hydrogen-bond donors (Lipinski definition) is 2. The molecule has 2 N–H and O–H groups in total. The summed E-state index contributed by atoms with van der Waals surface area (Å²) < 4.78 is 0. The lowest BCUT2D eigenvalue weighted by atomic mass is 9.81. The van der Waals surface area contributed by atoms with E-state index in [1.54, 1.807) is 28.9 Å². The predicted octanol–water partition coefficient (Wildman–Crippen LogP) is 10.1. The van der Waals surface area contributed by atoms with Crippen LogP contribution in [-0.4, -0.2) is 38.3 Å². The van der Waals surface area contributed by atoms with Gasteiger partial charge < -0.3 is 4.98 Å². The third-order valence-corrected chi connectivity index (χ3v) is 15.6. The highest BCUT2D eigenvalue weighted by atomic mass is 32.1. The Balaban J connectivity index is 0.000000142. The number of fused-ring (bicyclic) bond motifs is 2. The van der Waals surface area contributed by atoms with Crippen LogP contribution in [0.15, 0.2) is 30.7 Å².